The van der Waals surface area contributed by atoms with Crippen LogP contribution in [0.1, 0.15) is 396 Å². The summed E-state index contributed by atoms with van der Waals surface area (Å²) in [5.41, 5.74) is 0. The zero-order valence-electron chi connectivity index (χ0n) is 63.7. The Bertz CT molecular complexity index is 1910. The molecule has 7 atom stereocenters. The third kappa shape index (κ3) is 69.5. The number of hydrogen-bond acceptors (Lipinski definition) is 15. The second kappa shape index (κ2) is 67.2. The number of unbranched alkanes of at least 4 members (excludes halogenated alkanes) is 39. The minimum absolute atomic E-state index is 0.105. The topological polar surface area (TPSA) is 237 Å². The van der Waals surface area contributed by atoms with Gasteiger partial charge >= 0.3 is 39.5 Å². The lowest BCUT2D eigenvalue weighted by Crippen LogP contribution is -2.30. The Labute approximate surface area is 594 Å². The molecule has 0 spiro atoms. The molecule has 0 aliphatic heterocycles. The molecule has 0 aromatic carbocycles. The first-order chi connectivity index (χ1) is 46.7. The molecule has 0 aromatic rings. The molecule has 97 heavy (non-hydrogen) atoms. The fourth-order valence-electron chi connectivity index (χ4n) is 11.8. The third-order valence-electron chi connectivity index (χ3n) is 18.8. The van der Waals surface area contributed by atoms with E-state index >= 15 is 0 Å². The standard InChI is InChI=1S/C78H152O17P2/c1-9-70(7)56-48-40-32-26-22-23-29-35-45-53-61-78(83)95-74(65-89-76(81)59-51-43-37-36-41-49-57-71(8)10-2)67-93-97(86,87)91-63-72(79)62-90-96(84,85)92-66-73(94-77(82)60-52-44-34-28-21-17-19-25-31-39-47-55-69(5)6)64-88-75(80)58-50-42-33-27-20-16-14-12-11-13-15-18-24-30-38-46-54-68(3)4/h68-74,79H,9-67H2,1-8H3,(H,84,85)(H,86,87)/t70?,71?,72-,73-,74-/m1/s1. The van der Waals surface area contributed by atoms with Gasteiger partial charge in [0.1, 0.15) is 19.3 Å². The first-order valence-electron chi connectivity index (χ1n) is 40.3. The maximum atomic E-state index is 13.1. The van der Waals surface area contributed by atoms with Crippen molar-refractivity contribution in [2.75, 3.05) is 39.6 Å². The molecule has 0 rings (SSSR count). The predicted molar refractivity (Wildman–Crippen MR) is 395 cm³/mol. The van der Waals surface area contributed by atoms with E-state index in [0.717, 1.165) is 120 Å². The molecule has 4 unspecified atom stereocenters. The van der Waals surface area contributed by atoms with Crippen LogP contribution in [0.15, 0.2) is 0 Å². The van der Waals surface area contributed by atoms with Gasteiger partial charge in [-0.25, -0.2) is 9.13 Å². The number of carbonyl (C=O) groups excluding carboxylic acids is 4. The molecule has 0 fully saturated rings. The SMILES string of the molecule is CCC(C)CCCCCCCCCCCCC(=O)O[C@H](COC(=O)CCCCCCCCC(C)CC)COP(=O)(O)OC[C@H](O)COP(=O)(O)OC[C@@H](COC(=O)CCCCCCCCCCCCCCCCCCC(C)C)OC(=O)CCCCCCCCCCCCCC(C)C. The van der Waals surface area contributed by atoms with Gasteiger partial charge in [0.2, 0.25) is 0 Å². The summed E-state index contributed by atoms with van der Waals surface area (Å²) in [6.45, 7) is 14.2. The molecule has 3 N–H and O–H groups in total. The van der Waals surface area contributed by atoms with E-state index in [1.54, 1.807) is 0 Å². The Balaban J connectivity index is 5.24. The minimum Gasteiger partial charge on any atom is -0.462 e. The van der Waals surface area contributed by atoms with Gasteiger partial charge in [0.15, 0.2) is 12.2 Å². The van der Waals surface area contributed by atoms with Crippen molar-refractivity contribution < 1.29 is 80.2 Å². The lowest BCUT2D eigenvalue weighted by molar-refractivity contribution is -0.161. The van der Waals surface area contributed by atoms with Crippen LogP contribution < -0.4 is 0 Å². The van der Waals surface area contributed by atoms with Crippen molar-refractivity contribution in [2.45, 2.75) is 414 Å². The van der Waals surface area contributed by atoms with Crippen molar-refractivity contribution in [3.8, 4) is 0 Å². The van der Waals surface area contributed by atoms with Crippen LogP contribution in [-0.4, -0.2) is 96.7 Å². The smallest absolute Gasteiger partial charge is 0.462 e. The summed E-state index contributed by atoms with van der Waals surface area (Å²) in [6, 6.07) is 0. The number of rotatable bonds is 75. The van der Waals surface area contributed by atoms with Crippen molar-refractivity contribution in [1.29, 1.82) is 0 Å². The molecule has 0 aliphatic rings. The van der Waals surface area contributed by atoms with Crippen molar-refractivity contribution in [1.82, 2.24) is 0 Å². The quantitative estimate of drug-likeness (QED) is 0.0222. The van der Waals surface area contributed by atoms with Gasteiger partial charge in [-0.15, -0.1) is 0 Å². The van der Waals surface area contributed by atoms with Gasteiger partial charge in [0.05, 0.1) is 26.4 Å². The predicted octanol–water partition coefficient (Wildman–Crippen LogP) is 22.8. The maximum absolute atomic E-state index is 13.1. The van der Waals surface area contributed by atoms with Gasteiger partial charge in [0.25, 0.3) is 0 Å². The van der Waals surface area contributed by atoms with Gasteiger partial charge in [-0.2, -0.15) is 0 Å². The van der Waals surface area contributed by atoms with E-state index in [9.17, 15) is 43.2 Å². The summed E-state index contributed by atoms with van der Waals surface area (Å²) in [5, 5.41) is 10.6. The van der Waals surface area contributed by atoms with Crippen molar-refractivity contribution in [3.63, 3.8) is 0 Å². The highest BCUT2D eigenvalue weighted by atomic mass is 31.2. The molecule has 0 aliphatic carbocycles. The van der Waals surface area contributed by atoms with Crippen LogP contribution in [0.4, 0.5) is 0 Å². The molecule has 0 saturated heterocycles. The monoisotopic (exact) mass is 1420 g/mol. The zero-order chi connectivity index (χ0) is 71.7. The minimum atomic E-state index is -4.96. The summed E-state index contributed by atoms with van der Waals surface area (Å²) < 4.78 is 68.6. The number of phosphoric ester groups is 2. The van der Waals surface area contributed by atoms with Crippen LogP contribution in [0.25, 0.3) is 0 Å². The van der Waals surface area contributed by atoms with E-state index in [2.05, 4.69) is 55.4 Å². The molecule has 0 saturated carbocycles. The molecular weight excluding hydrogens is 1270 g/mol. The maximum Gasteiger partial charge on any atom is 0.472 e. The van der Waals surface area contributed by atoms with Gasteiger partial charge in [0, 0.05) is 25.7 Å². The molecule has 0 bridgehead atoms. The van der Waals surface area contributed by atoms with E-state index in [-0.39, 0.29) is 25.7 Å². The second-order valence-electron chi connectivity index (χ2n) is 29.5. The lowest BCUT2D eigenvalue weighted by atomic mass is 9.99. The first kappa shape index (κ1) is 95.1. The Morgan fingerprint density at radius 2 is 0.495 bits per heavy atom. The van der Waals surface area contributed by atoms with E-state index < -0.39 is 97.5 Å². The summed E-state index contributed by atoms with van der Waals surface area (Å²) in [4.78, 5) is 72.9. The van der Waals surface area contributed by atoms with Crippen LogP contribution >= 0.6 is 15.6 Å². The van der Waals surface area contributed by atoms with Crippen LogP contribution in [0.5, 0.6) is 0 Å². The Morgan fingerprint density at radius 3 is 0.732 bits per heavy atom. The van der Waals surface area contributed by atoms with Gasteiger partial charge in [-0.05, 0) is 49.4 Å². The first-order valence-corrected chi connectivity index (χ1v) is 43.3. The van der Waals surface area contributed by atoms with Crippen molar-refractivity contribution in [2.24, 2.45) is 23.7 Å². The second-order valence-corrected chi connectivity index (χ2v) is 32.4. The van der Waals surface area contributed by atoms with Crippen LogP contribution in [0.3, 0.4) is 0 Å². The van der Waals surface area contributed by atoms with E-state index in [0.29, 0.717) is 25.7 Å². The molecule has 17 nitrogen and oxygen atoms in total. The largest absolute Gasteiger partial charge is 0.472 e. The number of ether oxygens (including phenoxy) is 4. The fraction of sp³-hybridized carbons (Fsp3) is 0.949. The van der Waals surface area contributed by atoms with Crippen molar-refractivity contribution in [3.05, 3.63) is 0 Å². The highest BCUT2D eigenvalue weighted by molar-refractivity contribution is 7.47. The number of aliphatic hydroxyl groups is 1. The fourth-order valence-corrected chi connectivity index (χ4v) is 13.4. The number of phosphoric acid groups is 2. The summed E-state index contributed by atoms with van der Waals surface area (Å²) >= 11 is 0. The molecule has 0 heterocycles. The van der Waals surface area contributed by atoms with Gasteiger partial charge in [-0.3, -0.25) is 37.3 Å². The van der Waals surface area contributed by atoms with Gasteiger partial charge in [-0.1, -0.05) is 344 Å². The Hall–Kier alpha value is -1.94. The zero-order valence-corrected chi connectivity index (χ0v) is 65.5. The molecule has 19 heteroatoms. The Kier molecular flexibility index (Phi) is 65.9. The lowest BCUT2D eigenvalue weighted by Gasteiger charge is -2.21. The highest BCUT2D eigenvalue weighted by Crippen LogP contribution is 2.45. The van der Waals surface area contributed by atoms with Crippen LogP contribution in [0, 0.1) is 23.7 Å². The number of esters is 4. The summed E-state index contributed by atoms with van der Waals surface area (Å²) in [5.74, 6) is 0.993. The molecule has 0 amide bonds. The average molecular weight is 1420 g/mol. The van der Waals surface area contributed by atoms with E-state index in [4.69, 9.17) is 37.0 Å². The van der Waals surface area contributed by atoms with Crippen LogP contribution in [0.2, 0.25) is 0 Å². The third-order valence-corrected chi connectivity index (χ3v) is 20.7. The van der Waals surface area contributed by atoms with Gasteiger partial charge < -0.3 is 33.8 Å². The highest BCUT2D eigenvalue weighted by Gasteiger charge is 2.30. The molecule has 0 aromatic heterocycles. The molecular formula is C78H152O17P2. The summed E-state index contributed by atoms with van der Waals surface area (Å²) in [6.07, 6.45) is 52.7. The van der Waals surface area contributed by atoms with E-state index in [1.807, 2.05) is 0 Å². The molecule has 0 radical (unpaired) electrons. The average Bonchev–Trinajstić information content (AvgIpc) is 1.97. The number of carbonyl (C=O) groups is 4. The van der Waals surface area contributed by atoms with Crippen molar-refractivity contribution >= 4 is 39.5 Å². The number of aliphatic hydroxyl groups excluding tert-OH is 1. The normalized spacial score (nSPS) is 14.6. The molecule has 576 valence electrons. The van der Waals surface area contributed by atoms with E-state index in [1.165, 1.54) is 193 Å². The summed E-state index contributed by atoms with van der Waals surface area (Å²) in [7, 11) is -9.92. The number of hydrogen-bond donors (Lipinski definition) is 3. The Morgan fingerprint density at radius 1 is 0.289 bits per heavy atom. The van der Waals surface area contributed by atoms with Crippen LogP contribution in [-0.2, 0) is 65.4 Å².